The normalized spacial score (nSPS) is 13.3. The van der Waals surface area contributed by atoms with Gasteiger partial charge in [0.05, 0.1) is 0 Å². The zero-order valence-corrected chi connectivity index (χ0v) is 13.2. The molecule has 0 aromatic heterocycles. The van der Waals surface area contributed by atoms with Crippen molar-refractivity contribution in [3.63, 3.8) is 0 Å². The first kappa shape index (κ1) is 16.0. The van der Waals surface area contributed by atoms with Crippen LogP contribution in [0.4, 0.5) is 0 Å². The fourth-order valence-corrected chi connectivity index (χ4v) is 2.44. The topological polar surface area (TPSA) is 12.0 Å². The summed E-state index contributed by atoms with van der Waals surface area (Å²) in [5, 5.41) is 3.67. The third-order valence-corrected chi connectivity index (χ3v) is 3.34. The number of rotatable bonds is 6. The first-order valence-corrected chi connectivity index (χ1v) is 7.33. The molecule has 1 aromatic rings. The van der Waals surface area contributed by atoms with Crippen LogP contribution in [0.2, 0.25) is 0 Å². The van der Waals surface area contributed by atoms with Crippen molar-refractivity contribution in [3.05, 3.63) is 47.5 Å². The minimum absolute atomic E-state index is 0.178. The second-order valence-electron chi connectivity index (χ2n) is 6.51. The second kappa shape index (κ2) is 6.91. The van der Waals surface area contributed by atoms with Gasteiger partial charge >= 0.3 is 0 Å². The lowest BCUT2D eigenvalue weighted by molar-refractivity contribution is 0.504. The van der Waals surface area contributed by atoms with Crippen molar-refractivity contribution >= 4 is 0 Å². The van der Waals surface area contributed by atoms with Crippen LogP contribution in [0.5, 0.6) is 0 Å². The standard InChI is InChI=1S/C18H29N/c1-7-12-19-17(13-14(2)3)15-10-8-9-11-16(15)18(4,5)6/h8-11,17,19H,2,7,12-13H2,1,3-6H3. The Morgan fingerprint density at radius 2 is 1.89 bits per heavy atom. The lowest BCUT2D eigenvalue weighted by Crippen LogP contribution is -2.26. The molecule has 0 fully saturated rings. The first-order chi connectivity index (χ1) is 8.86. The predicted octanol–water partition coefficient (Wildman–Crippen LogP) is 4.99. The highest BCUT2D eigenvalue weighted by Gasteiger charge is 2.22. The molecule has 1 nitrogen and oxygen atoms in total. The quantitative estimate of drug-likeness (QED) is 0.710. The third kappa shape index (κ3) is 4.83. The van der Waals surface area contributed by atoms with Crippen LogP contribution in [0.15, 0.2) is 36.4 Å². The van der Waals surface area contributed by atoms with Crippen LogP contribution in [0, 0.1) is 0 Å². The van der Waals surface area contributed by atoms with Gasteiger partial charge in [0.15, 0.2) is 0 Å². The van der Waals surface area contributed by atoms with Crippen LogP contribution in [-0.2, 0) is 5.41 Å². The van der Waals surface area contributed by atoms with Gasteiger partial charge in [0.1, 0.15) is 0 Å². The molecule has 1 aromatic carbocycles. The van der Waals surface area contributed by atoms with Crippen LogP contribution in [0.1, 0.15) is 64.6 Å². The lowest BCUT2D eigenvalue weighted by Gasteiger charge is -2.28. The van der Waals surface area contributed by atoms with E-state index in [-0.39, 0.29) is 5.41 Å². The van der Waals surface area contributed by atoms with Gasteiger partial charge in [-0.05, 0) is 42.9 Å². The summed E-state index contributed by atoms with van der Waals surface area (Å²) < 4.78 is 0. The molecule has 0 saturated carbocycles. The summed E-state index contributed by atoms with van der Waals surface area (Å²) in [5.41, 5.74) is 4.27. The minimum atomic E-state index is 0.178. The zero-order valence-electron chi connectivity index (χ0n) is 13.2. The smallest absolute Gasteiger partial charge is 0.0360 e. The summed E-state index contributed by atoms with van der Waals surface area (Å²) in [6, 6.07) is 9.18. The average Bonchev–Trinajstić information content (AvgIpc) is 2.33. The predicted molar refractivity (Wildman–Crippen MR) is 85.6 cm³/mol. The molecule has 0 bridgehead atoms. The molecular formula is C18H29N. The van der Waals surface area contributed by atoms with Gasteiger partial charge in [-0.25, -0.2) is 0 Å². The molecule has 106 valence electrons. The maximum Gasteiger partial charge on any atom is 0.0360 e. The third-order valence-electron chi connectivity index (χ3n) is 3.34. The van der Waals surface area contributed by atoms with Crippen molar-refractivity contribution in [2.24, 2.45) is 0 Å². The Morgan fingerprint density at radius 1 is 1.26 bits per heavy atom. The highest BCUT2D eigenvalue weighted by atomic mass is 14.9. The molecule has 1 N–H and O–H groups in total. The fraction of sp³-hybridized carbons (Fsp3) is 0.556. The zero-order chi connectivity index (χ0) is 14.5. The number of benzene rings is 1. The maximum absolute atomic E-state index is 4.08. The SMILES string of the molecule is C=C(C)CC(NCCC)c1ccccc1C(C)(C)C. The molecule has 1 rings (SSSR count). The Hall–Kier alpha value is -1.08. The molecule has 1 heteroatoms. The van der Waals surface area contributed by atoms with Crippen molar-refractivity contribution in [2.45, 2.75) is 58.9 Å². The van der Waals surface area contributed by atoms with E-state index in [1.165, 1.54) is 16.7 Å². The Kier molecular flexibility index (Phi) is 5.81. The summed E-state index contributed by atoms with van der Waals surface area (Å²) in [5.74, 6) is 0. The molecule has 0 amide bonds. The van der Waals surface area contributed by atoms with Gasteiger partial charge in [0.2, 0.25) is 0 Å². The van der Waals surface area contributed by atoms with E-state index in [9.17, 15) is 0 Å². The van der Waals surface area contributed by atoms with Crippen molar-refractivity contribution in [2.75, 3.05) is 6.54 Å². The van der Waals surface area contributed by atoms with Gasteiger partial charge in [0.25, 0.3) is 0 Å². The average molecular weight is 259 g/mol. The first-order valence-electron chi connectivity index (χ1n) is 7.33. The summed E-state index contributed by atoms with van der Waals surface area (Å²) >= 11 is 0. The molecule has 0 radical (unpaired) electrons. The fourth-order valence-electron chi connectivity index (χ4n) is 2.44. The summed E-state index contributed by atoms with van der Waals surface area (Å²) in [6.07, 6.45) is 2.16. The van der Waals surface area contributed by atoms with Gasteiger partial charge in [0, 0.05) is 6.04 Å². The lowest BCUT2D eigenvalue weighted by atomic mass is 9.81. The molecule has 0 heterocycles. The van der Waals surface area contributed by atoms with E-state index in [1.807, 2.05) is 0 Å². The van der Waals surface area contributed by atoms with Crippen LogP contribution in [0.25, 0.3) is 0 Å². The van der Waals surface area contributed by atoms with E-state index in [2.05, 4.69) is 70.8 Å². The molecular weight excluding hydrogens is 230 g/mol. The number of hydrogen-bond acceptors (Lipinski definition) is 1. The van der Waals surface area contributed by atoms with E-state index in [4.69, 9.17) is 0 Å². The molecule has 0 saturated heterocycles. The minimum Gasteiger partial charge on any atom is -0.310 e. The Balaban J connectivity index is 3.10. The van der Waals surface area contributed by atoms with Crippen molar-refractivity contribution in [1.82, 2.24) is 5.32 Å². The Bertz CT molecular complexity index is 412. The summed E-state index contributed by atoms with van der Waals surface area (Å²) in [6.45, 7) is 16.3. The highest BCUT2D eigenvalue weighted by Crippen LogP contribution is 2.31. The van der Waals surface area contributed by atoms with Gasteiger partial charge in [-0.15, -0.1) is 6.58 Å². The van der Waals surface area contributed by atoms with Gasteiger partial charge < -0.3 is 5.32 Å². The molecule has 0 aliphatic rings. The molecule has 1 atom stereocenters. The Labute approximate surface area is 119 Å². The maximum atomic E-state index is 4.08. The van der Waals surface area contributed by atoms with Crippen LogP contribution < -0.4 is 5.32 Å². The highest BCUT2D eigenvalue weighted by molar-refractivity contribution is 5.35. The van der Waals surface area contributed by atoms with Crippen LogP contribution in [0.3, 0.4) is 0 Å². The van der Waals surface area contributed by atoms with E-state index in [1.54, 1.807) is 0 Å². The summed E-state index contributed by atoms with van der Waals surface area (Å²) in [4.78, 5) is 0. The second-order valence-corrected chi connectivity index (χ2v) is 6.51. The van der Waals surface area contributed by atoms with Crippen molar-refractivity contribution in [3.8, 4) is 0 Å². The van der Waals surface area contributed by atoms with Crippen molar-refractivity contribution < 1.29 is 0 Å². The number of hydrogen-bond donors (Lipinski definition) is 1. The van der Waals surface area contributed by atoms with Crippen molar-refractivity contribution in [1.29, 1.82) is 0 Å². The van der Waals surface area contributed by atoms with E-state index in [0.717, 1.165) is 19.4 Å². The van der Waals surface area contributed by atoms with Gasteiger partial charge in [-0.1, -0.05) is 57.5 Å². The molecule has 0 aliphatic carbocycles. The van der Waals surface area contributed by atoms with Crippen LogP contribution in [-0.4, -0.2) is 6.54 Å². The van der Waals surface area contributed by atoms with Crippen LogP contribution >= 0.6 is 0 Å². The largest absolute Gasteiger partial charge is 0.310 e. The molecule has 0 aliphatic heterocycles. The monoisotopic (exact) mass is 259 g/mol. The van der Waals surface area contributed by atoms with E-state index >= 15 is 0 Å². The molecule has 1 unspecified atom stereocenters. The Morgan fingerprint density at radius 3 is 2.42 bits per heavy atom. The molecule has 0 spiro atoms. The van der Waals surface area contributed by atoms with E-state index < -0.39 is 0 Å². The summed E-state index contributed by atoms with van der Waals surface area (Å²) in [7, 11) is 0. The van der Waals surface area contributed by atoms with Gasteiger partial charge in [-0.2, -0.15) is 0 Å². The number of nitrogens with one attached hydrogen (secondary N) is 1. The van der Waals surface area contributed by atoms with Gasteiger partial charge in [-0.3, -0.25) is 0 Å². The molecule has 19 heavy (non-hydrogen) atoms. The van der Waals surface area contributed by atoms with E-state index in [0.29, 0.717) is 6.04 Å².